The van der Waals surface area contributed by atoms with Crippen LogP contribution in [0, 0.1) is 23.7 Å². The number of hydrogen-bond donors (Lipinski definition) is 0. The quantitative estimate of drug-likeness (QED) is 0.415. The molecule has 2 fully saturated rings. The Hall–Kier alpha value is 0. The average molecular weight is 331 g/mol. The second kappa shape index (κ2) is 26.9. The molecule has 0 heterocycles. The van der Waals surface area contributed by atoms with E-state index in [1.54, 1.807) is 0 Å². The van der Waals surface area contributed by atoms with Gasteiger partial charge in [-0.3, -0.25) is 0 Å². The van der Waals surface area contributed by atoms with Gasteiger partial charge in [0.05, 0.1) is 0 Å². The summed E-state index contributed by atoms with van der Waals surface area (Å²) < 4.78 is 0. The van der Waals surface area contributed by atoms with Crippen LogP contribution < -0.4 is 0 Å². The molecule has 0 saturated heterocycles. The van der Waals surface area contributed by atoms with Crippen LogP contribution in [0.2, 0.25) is 0 Å². The van der Waals surface area contributed by atoms with E-state index in [2.05, 4.69) is 83.1 Å². The summed E-state index contributed by atoms with van der Waals surface area (Å²) >= 11 is 0. The molecule has 0 aliphatic heterocycles. The van der Waals surface area contributed by atoms with Crippen LogP contribution >= 0.6 is 0 Å². The zero-order valence-electron chi connectivity index (χ0n) is 19.3. The van der Waals surface area contributed by atoms with Crippen LogP contribution in [0.5, 0.6) is 0 Å². The molecule has 2 rings (SSSR count). The van der Waals surface area contributed by atoms with Gasteiger partial charge in [0, 0.05) is 0 Å². The van der Waals surface area contributed by atoms with Gasteiger partial charge < -0.3 is 0 Å². The van der Waals surface area contributed by atoms with Crippen LogP contribution in [0.3, 0.4) is 0 Å². The van der Waals surface area contributed by atoms with Crippen molar-refractivity contribution in [3.05, 3.63) is 0 Å². The predicted octanol–water partition coefficient (Wildman–Crippen LogP) is 9.38. The Balaban J connectivity index is -0.0000000942. The summed E-state index contributed by atoms with van der Waals surface area (Å²) in [5.41, 5.74) is 0. The highest BCUT2D eigenvalue weighted by Gasteiger charge is 1.95. The van der Waals surface area contributed by atoms with Crippen LogP contribution in [0.15, 0.2) is 0 Å². The van der Waals surface area contributed by atoms with Gasteiger partial charge in [-0.2, -0.15) is 0 Å². The van der Waals surface area contributed by atoms with Crippen molar-refractivity contribution in [2.75, 3.05) is 0 Å². The summed E-state index contributed by atoms with van der Waals surface area (Å²) in [7, 11) is 0. The molecular formula is C23H54. The largest absolute Gasteiger partial charge is 0.0630 e. The average Bonchev–Trinajstić information content (AvgIpc) is 2.93. The smallest absolute Gasteiger partial charge is 0.0500 e. The van der Waals surface area contributed by atoms with E-state index in [-0.39, 0.29) is 0 Å². The lowest BCUT2D eigenvalue weighted by Gasteiger charge is -2.05. The van der Waals surface area contributed by atoms with Gasteiger partial charge >= 0.3 is 0 Å². The summed E-state index contributed by atoms with van der Waals surface area (Å²) in [5.74, 6) is 3.33. The first-order valence-electron chi connectivity index (χ1n) is 10.4. The Kier molecular flexibility index (Phi) is 36.0. The van der Waals surface area contributed by atoms with Crippen LogP contribution in [0.4, 0.5) is 0 Å². The first kappa shape index (κ1) is 30.8. The lowest BCUT2D eigenvalue weighted by molar-refractivity contribution is 0.504. The van der Waals surface area contributed by atoms with Gasteiger partial charge in [0.2, 0.25) is 0 Å². The topological polar surface area (TPSA) is 0 Å². The second-order valence-corrected chi connectivity index (χ2v) is 9.40. The van der Waals surface area contributed by atoms with E-state index >= 15 is 0 Å². The number of hydrogen-bond acceptors (Lipinski definition) is 0. The van der Waals surface area contributed by atoms with Crippen molar-refractivity contribution in [3.8, 4) is 0 Å². The van der Waals surface area contributed by atoms with Gasteiger partial charge in [0.25, 0.3) is 0 Å². The fourth-order valence-corrected chi connectivity index (χ4v) is 0.250. The van der Waals surface area contributed by atoms with Crippen molar-refractivity contribution < 1.29 is 0 Å². The maximum Gasteiger partial charge on any atom is -0.0500 e. The highest BCUT2D eigenvalue weighted by molar-refractivity contribution is 4.51. The third kappa shape index (κ3) is 352. The van der Waals surface area contributed by atoms with Crippen LogP contribution in [0.25, 0.3) is 0 Å². The molecule has 0 aromatic heterocycles. The zero-order valence-corrected chi connectivity index (χ0v) is 19.3. The monoisotopic (exact) mass is 330 g/mol. The highest BCUT2D eigenvalue weighted by atomic mass is 14.0. The molecule has 2 aliphatic rings. The molecule has 0 amide bonds. The third-order valence-electron chi connectivity index (χ3n) is 1.35. The Labute approximate surface area is 152 Å². The molecule has 0 aromatic rings. The van der Waals surface area contributed by atoms with Crippen molar-refractivity contribution in [1.29, 1.82) is 0 Å². The van der Waals surface area contributed by atoms with Crippen molar-refractivity contribution >= 4 is 0 Å². The Morgan fingerprint density at radius 3 is 0.304 bits per heavy atom. The van der Waals surface area contributed by atoms with E-state index in [9.17, 15) is 0 Å². The molecule has 0 bridgehead atoms. The molecular weight excluding hydrogens is 276 g/mol. The SMILES string of the molecule is C1CC1.C1CCC1.CC(C)C.CC(C)C.CC(C)C.CC(C)C. The van der Waals surface area contributed by atoms with Gasteiger partial charge in [-0.1, -0.05) is 128 Å². The van der Waals surface area contributed by atoms with Crippen molar-refractivity contribution in [3.63, 3.8) is 0 Å². The summed E-state index contributed by atoms with van der Waals surface area (Å²) in [6.45, 7) is 26.0. The summed E-state index contributed by atoms with van der Waals surface area (Å²) in [6, 6.07) is 0. The summed E-state index contributed by atoms with van der Waals surface area (Å²) in [6.07, 6.45) is 10.5. The van der Waals surface area contributed by atoms with E-state index in [1.807, 2.05) is 0 Å². The van der Waals surface area contributed by atoms with E-state index in [0.717, 1.165) is 23.7 Å². The fourth-order valence-electron chi connectivity index (χ4n) is 0.250. The van der Waals surface area contributed by atoms with Gasteiger partial charge in [-0.05, 0) is 23.7 Å². The Morgan fingerprint density at radius 2 is 0.304 bits per heavy atom. The van der Waals surface area contributed by atoms with E-state index in [0.29, 0.717) is 0 Å². The zero-order chi connectivity index (χ0) is 19.3. The molecule has 0 spiro atoms. The predicted molar refractivity (Wildman–Crippen MR) is 114 cm³/mol. The van der Waals surface area contributed by atoms with Crippen LogP contribution in [-0.2, 0) is 0 Å². The Bertz CT molecular complexity index is 106. The molecule has 0 heteroatoms. The van der Waals surface area contributed by atoms with Crippen molar-refractivity contribution in [2.24, 2.45) is 23.7 Å². The molecule has 0 unspecified atom stereocenters. The lowest BCUT2D eigenvalue weighted by Crippen LogP contribution is -1.85. The summed E-state index contributed by atoms with van der Waals surface area (Å²) in [4.78, 5) is 0. The molecule has 0 radical (unpaired) electrons. The van der Waals surface area contributed by atoms with E-state index < -0.39 is 0 Å². The summed E-state index contributed by atoms with van der Waals surface area (Å²) in [5, 5.41) is 0. The minimum Gasteiger partial charge on any atom is -0.0630 e. The van der Waals surface area contributed by atoms with E-state index in [4.69, 9.17) is 0 Å². The standard InChI is InChI=1S/C4H8.4C4H10.C3H6/c1-2-4-3-1;4*1-4(2)3;1-2-3-1/h1-4H2;4*4H,1-3H3;1-3H2. The lowest BCUT2D eigenvalue weighted by atomic mass is 10.0. The fraction of sp³-hybridized carbons (Fsp3) is 1.00. The maximum atomic E-state index is 2.17. The molecule has 0 atom stereocenters. The second-order valence-electron chi connectivity index (χ2n) is 9.40. The minimum atomic E-state index is 0.833. The normalized spacial score (nSPS) is 13.6. The van der Waals surface area contributed by atoms with Gasteiger partial charge in [0.1, 0.15) is 0 Å². The highest BCUT2D eigenvalue weighted by Crippen LogP contribution is 2.15. The van der Waals surface area contributed by atoms with E-state index in [1.165, 1.54) is 44.9 Å². The first-order valence-corrected chi connectivity index (χ1v) is 10.4. The molecule has 0 N–H and O–H groups in total. The Morgan fingerprint density at radius 1 is 0.261 bits per heavy atom. The van der Waals surface area contributed by atoms with Gasteiger partial charge in [-0.25, -0.2) is 0 Å². The molecule has 2 saturated carbocycles. The van der Waals surface area contributed by atoms with Crippen molar-refractivity contribution in [1.82, 2.24) is 0 Å². The van der Waals surface area contributed by atoms with Crippen molar-refractivity contribution in [2.45, 2.75) is 128 Å². The molecule has 146 valence electrons. The van der Waals surface area contributed by atoms with Crippen LogP contribution in [-0.4, -0.2) is 0 Å². The minimum absolute atomic E-state index is 0.833. The molecule has 2 aliphatic carbocycles. The van der Waals surface area contributed by atoms with Gasteiger partial charge in [0.15, 0.2) is 0 Å². The number of rotatable bonds is 0. The van der Waals surface area contributed by atoms with Gasteiger partial charge in [-0.15, -0.1) is 0 Å². The van der Waals surface area contributed by atoms with Crippen LogP contribution in [0.1, 0.15) is 128 Å². The maximum absolute atomic E-state index is 2.17. The molecule has 0 nitrogen and oxygen atoms in total. The third-order valence-corrected chi connectivity index (χ3v) is 1.35. The molecule has 0 aromatic carbocycles. The molecule has 23 heavy (non-hydrogen) atoms. The first-order chi connectivity index (χ1) is 10.4.